The number of nitrogens with one attached hydrogen (secondary N) is 3. The van der Waals surface area contributed by atoms with Crippen LogP contribution in [0.15, 0.2) is 18.2 Å². The quantitative estimate of drug-likeness (QED) is 0.487. The maximum Gasteiger partial charge on any atom is 0.319 e. The third-order valence-corrected chi connectivity index (χ3v) is 2.84. The van der Waals surface area contributed by atoms with E-state index in [2.05, 4.69) is 16.0 Å². The van der Waals surface area contributed by atoms with Gasteiger partial charge in [0.15, 0.2) is 0 Å². The average molecular weight is 311 g/mol. The van der Waals surface area contributed by atoms with Gasteiger partial charge in [0.25, 0.3) is 0 Å². The molecule has 0 fully saturated rings. The lowest BCUT2D eigenvalue weighted by atomic mass is 10.1. The van der Waals surface area contributed by atoms with E-state index in [-0.39, 0.29) is 19.1 Å². The summed E-state index contributed by atoms with van der Waals surface area (Å²) >= 11 is 0. The second-order valence-corrected chi connectivity index (χ2v) is 4.63. The van der Waals surface area contributed by atoms with E-state index in [1.807, 2.05) is 0 Å². The second-order valence-electron chi connectivity index (χ2n) is 4.63. The second kappa shape index (κ2) is 8.98. The zero-order valence-corrected chi connectivity index (χ0v) is 12.5. The van der Waals surface area contributed by atoms with Gasteiger partial charge in [0.1, 0.15) is 6.61 Å². The highest BCUT2D eigenvalue weighted by Crippen LogP contribution is 2.23. The Labute approximate surface area is 128 Å². The lowest BCUT2D eigenvalue weighted by Crippen LogP contribution is -2.36. The van der Waals surface area contributed by atoms with E-state index >= 15 is 0 Å². The molecule has 3 amide bonds. The molecule has 0 spiro atoms. The van der Waals surface area contributed by atoms with E-state index in [0.29, 0.717) is 16.9 Å². The van der Waals surface area contributed by atoms with Gasteiger partial charge in [-0.05, 0) is 24.6 Å². The van der Waals surface area contributed by atoms with Gasteiger partial charge < -0.3 is 30.9 Å². The van der Waals surface area contributed by atoms with E-state index < -0.39 is 18.7 Å². The van der Waals surface area contributed by atoms with Crippen LogP contribution in [0.1, 0.15) is 5.56 Å². The summed E-state index contributed by atoms with van der Waals surface area (Å²) in [5, 5.41) is 25.6. The van der Waals surface area contributed by atoms with Crippen molar-refractivity contribution in [3.8, 4) is 0 Å². The molecule has 0 heterocycles. The van der Waals surface area contributed by atoms with Crippen molar-refractivity contribution < 1.29 is 24.5 Å². The molecule has 0 saturated heterocycles. The largest absolute Gasteiger partial charge is 0.394 e. The minimum Gasteiger partial charge on any atom is -0.394 e. The number of amides is 3. The number of carbonyl (C=O) groups excluding carboxylic acids is 2. The van der Waals surface area contributed by atoms with E-state index in [1.165, 1.54) is 7.11 Å². The summed E-state index contributed by atoms with van der Waals surface area (Å²) < 4.78 is 4.74. The van der Waals surface area contributed by atoms with Gasteiger partial charge in [-0.1, -0.05) is 6.07 Å². The van der Waals surface area contributed by atoms with E-state index in [1.54, 1.807) is 25.1 Å². The van der Waals surface area contributed by atoms with Crippen molar-refractivity contribution in [2.45, 2.75) is 13.0 Å². The predicted molar refractivity (Wildman–Crippen MR) is 81.8 cm³/mol. The van der Waals surface area contributed by atoms with Crippen molar-refractivity contribution >= 4 is 23.3 Å². The summed E-state index contributed by atoms with van der Waals surface area (Å²) in [5.74, 6) is -0.293. The monoisotopic (exact) mass is 311 g/mol. The molecule has 0 aliphatic heterocycles. The van der Waals surface area contributed by atoms with Crippen LogP contribution < -0.4 is 16.0 Å². The molecule has 1 aromatic carbocycles. The van der Waals surface area contributed by atoms with Crippen LogP contribution in [0.3, 0.4) is 0 Å². The van der Waals surface area contributed by atoms with Gasteiger partial charge in [-0.25, -0.2) is 4.79 Å². The first-order valence-electron chi connectivity index (χ1n) is 6.70. The maximum absolute atomic E-state index is 11.7. The molecule has 0 aliphatic rings. The Balaban J connectivity index is 2.67. The van der Waals surface area contributed by atoms with Crippen molar-refractivity contribution in [2.24, 2.45) is 0 Å². The summed E-state index contributed by atoms with van der Waals surface area (Å²) in [5.41, 5.74) is 1.77. The maximum atomic E-state index is 11.7. The number of benzene rings is 1. The van der Waals surface area contributed by atoms with Crippen molar-refractivity contribution in [1.82, 2.24) is 5.32 Å². The molecule has 0 bridgehead atoms. The van der Waals surface area contributed by atoms with Crippen LogP contribution in [0.5, 0.6) is 0 Å². The topological polar surface area (TPSA) is 120 Å². The Hall–Kier alpha value is -2.16. The summed E-state index contributed by atoms with van der Waals surface area (Å²) in [6, 6.07) is 4.56. The van der Waals surface area contributed by atoms with Gasteiger partial charge in [-0.2, -0.15) is 0 Å². The molecule has 8 heteroatoms. The number of anilines is 2. The SMILES string of the molecule is COCC(=O)Nc1cccc(NC(=O)NC[C@H](O)CO)c1C. The molecular formula is C14H21N3O5. The third kappa shape index (κ3) is 5.68. The highest BCUT2D eigenvalue weighted by atomic mass is 16.5. The molecule has 122 valence electrons. The molecule has 1 rings (SSSR count). The van der Waals surface area contributed by atoms with Gasteiger partial charge in [0.2, 0.25) is 5.91 Å². The molecule has 1 atom stereocenters. The number of carbonyl (C=O) groups is 2. The Morgan fingerprint density at radius 3 is 2.50 bits per heavy atom. The van der Waals surface area contributed by atoms with Crippen molar-refractivity contribution in [2.75, 3.05) is 37.5 Å². The summed E-state index contributed by atoms with van der Waals surface area (Å²) in [6.45, 7) is 1.20. The lowest BCUT2D eigenvalue weighted by Gasteiger charge is -2.14. The van der Waals surface area contributed by atoms with Crippen molar-refractivity contribution in [1.29, 1.82) is 0 Å². The summed E-state index contributed by atoms with van der Waals surface area (Å²) in [6.07, 6.45) is -1.01. The Bertz CT molecular complexity index is 521. The van der Waals surface area contributed by atoms with Crippen LogP contribution >= 0.6 is 0 Å². The zero-order chi connectivity index (χ0) is 16.5. The zero-order valence-electron chi connectivity index (χ0n) is 12.5. The smallest absolute Gasteiger partial charge is 0.319 e. The molecule has 5 N–H and O–H groups in total. The number of rotatable bonds is 7. The molecule has 0 saturated carbocycles. The minimum absolute atomic E-state index is 0.0589. The highest BCUT2D eigenvalue weighted by molar-refractivity contribution is 5.95. The number of hydrogen-bond acceptors (Lipinski definition) is 5. The van der Waals surface area contributed by atoms with Crippen LogP contribution in [0.4, 0.5) is 16.2 Å². The van der Waals surface area contributed by atoms with Crippen LogP contribution in [-0.2, 0) is 9.53 Å². The Kier molecular flexibility index (Phi) is 7.30. The first-order chi connectivity index (χ1) is 10.5. The molecule has 8 nitrogen and oxygen atoms in total. The summed E-state index contributed by atoms with van der Waals surface area (Å²) in [7, 11) is 1.43. The third-order valence-electron chi connectivity index (χ3n) is 2.84. The van der Waals surface area contributed by atoms with Crippen LogP contribution in [0, 0.1) is 6.92 Å². The fraction of sp³-hybridized carbons (Fsp3) is 0.429. The summed E-state index contributed by atoms with van der Waals surface area (Å²) in [4.78, 5) is 23.2. The van der Waals surface area contributed by atoms with Crippen LogP contribution in [-0.4, -0.2) is 55.1 Å². The van der Waals surface area contributed by atoms with E-state index in [9.17, 15) is 9.59 Å². The minimum atomic E-state index is -1.01. The molecule has 0 radical (unpaired) electrons. The van der Waals surface area contributed by atoms with E-state index in [4.69, 9.17) is 14.9 Å². The number of methoxy groups -OCH3 is 1. The normalized spacial score (nSPS) is 11.6. The van der Waals surface area contributed by atoms with Gasteiger partial charge >= 0.3 is 6.03 Å². The van der Waals surface area contributed by atoms with Crippen molar-refractivity contribution in [3.05, 3.63) is 23.8 Å². The van der Waals surface area contributed by atoms with Crippen molar-refractivity contribution in [3.63, 3.8) is 0 Å². The molecular weight excluding hydrogens is 290 g/mol. The Morgan fingerprint density at radius 2 is 1.91 bits per heavy atom. The van der Waals surface area contributed by atoms with Gasteiger partial charge in [-0.3, -0.25) is 4.79 Å². The fourth-order valence-electron chi connectivity index (χ4n) is 1.67. The van der Waals surface area contributed by atoms with Crippen LogP contribution in [0.25, 0.3) is 0 Å². The Morgan fingerprint density at radius 1 is 1.27 bits per heavy atom. The first-order valence-corrected chi connectivity index (χ1v) is 6.70. The molecule has 0 unspecified atom stereocenters. The number of urea groups is 1. The molecule has 1 aromatic rings. The lowest BCUT2D eigenvalue weighted by molar-refractivity contribution is -0.119. The highest BCUT2D eigenvalue weighted by Gasteiger charge is 2.10. The number of aliphatic hydroxyl groups is 2. The number of aliphatic hydroxyl groups excluding tert-OH is 2. The van der Waals surface area contributed by atoms with Gasteiger partial charge in [-0.15, -0.1) is 0 Å². The molecule has 0 aliphatic carbocycles. The number of hydrogen-bond donors (Lipinski definition) is 5. The fourth-order valence-corrected chi connectivity index (χ4v) is 1.67. The molecule has 0 aromatic heterocycles. The van der Waals surface area contributed by atoms with Crippen LogP contribution in [0.2, 0.25) is 0 Å². The first kappa shape index (κ1) is 17.9. The van der Waals surface area contributed by atoms with Gasteiger partial charge in [0, 0.05) is 25.0 Å². The molecule has 22 heavy (non-hydrogen) atoms. The predicted octanol–water partition coefficient (Wildman–Crippen LogP) is 0.0546. The van der Waals surface area contributed by atoms with Gasteiger partial charge in [0.05, 0.1) is 12.7 Å². The number of ether oxygens (including phenoxy) is 1. The average Bonchev–Trinajstić information content (AvgIpc) is 2.49. The standard InChI is InChI=1S/C14H21N3O5/c1-9-11(16-13(20)8-22-2)4-3-5-12(9)17-14(21)15-6-10(19)7-18/h3-5,10,18-19H,6-8H2,1-2H3,(H,16,20)(H2,15,17,21)/t10-/m0/s1. The van der Waals surface area contributed by atoms with E-state index in [0.717, 1.165) is 0 Å².